The molecule has 0 fully saturated rings. The number of carbonyl (C=O) groups excluding carboxylic acids is 1. The fourth-order valence-corrected chi connectivity index (χ4v) is 2.23. The first-order valence-corrected chi connectivity index (χ1v) is 5.54. The van der Waals surface area contributed by atoms with Gasteiger partial charge in [0.05, 0.1) is 15.9 Å². The Morgan fingerprint density at radius 2 is 2.29 bits per heavy atom. The molecule has 0 bridgehead atoms. The molecule has 2 aromatic rings. The zero-order valence-corrected chi connectivity index (χ0v) is 9.43. The van der Waals surface area contributed by atoms with Crippen molar-refractivity contribution < 1.29 is 13.6 Å². The number of thiazole rings is 1. The number of benzene rings is 1. The number of anilines is 1. The fraction of sp³-hybridized carbons (Fsp3) is 0.0909. The molecule has 0 unspecified atom stereocenters. The van der Waals surface area contributed by atoms with Crippen LogP contribution < -0.4 is 5.32 Å². The smallest absolute Gasteiger partial charge is 0.289 e. The van der Waals surface area contributed by atoms with E-state index in [0.29, 0.717) is 15.9 Å². The molecular formula is C11H8F2N2OS. The van der Waals surface area contributed by atoms with E-state index in [1.54, 1.807) is 18.2 Å². The molecule has 1 amide bonds. The predicted molar refractivity (Wildman–Crippen MR) is 63.4 cm³/mol. The molecule has 2 rings (SSSR count). The van der Waals surface area contributed by atoms with E-state index in [1.807, 2.05) is 0 Å². The summed E-state index contributed by atoms with van der Waals surface area (Å²) in [6.07, 6.45) is -1.48. The topological polar surface area (TPSA) is 42.0 Å². The Morgan fingerprint density at radius 1 is 1.53 bits per heavy atom. The van der Waals surface area contributed by atoms with Crippen LogP contribution in [0.2, 0.25) is 0 Å². The molecule has 0 radical (unpaired) electrons. The summed E-state index contributed by atoms with van der Waals surface area (Å²) in [6.45, 7) is 3.33. The van der Waals surface area contributed by atoms with Gasteiger partial charge in [0.15, 0.2) is 5.01 Å². The number of hydrogen-bond acceptors (Lipinski definition) is 3. The van der Waals surface area contributed by atoms with Gasteiger partial charge in [0.2, 0.25) is 5.91 Å². The van der Waals surface area contributed by atoms with Crippen LogP contribution >= 0.6 is 11.3 Å². The van der Waals surface area contributed by atoms with Gasteiger partial charge in [0.25, 0.3) is 6.43 Å². The van der Waals surface area contributed by atoms with Crippen LogP contribution in [-0.2, 0) is 4.79 Å². The summed E-state index contributed by atoms with van der Waals surface area (Å²) >= 11 is 0.874. The Kier molecular flexibility index (Phi) is 3.14. The van der Waals surface area contributed by atoms with Crippen molar-refractivity contribution in [1.82, 2.24) is 4.98 Å². The summed E-state index contributed by atoms with van der Waals surface area (Å²) in [5.41, 5.74) is 0.920. The summed E-state index contributed by atoms with van der Waals surface area (Å²) in [5.74, 6) is -0.385. The highest BCUT2D eigenvalue weighted by molar-refractivity contribution is 7.19. The lowest BCUT2D eigenvalue weighted by atomic mass is 10.3. The maximum atomic E-state index is 12.5. The van der Waals surface area contributed by atoms with Crippen molar-refractivity contribution in [3.05, 3.63) is 35.9 Å². The van der Waals surface area contributed by atoms with E-state index in [4.69, 9.17) is 0 Å². The van der Waals surface area contributed by atoms with Crippen molar-refractivity contribution in [2.24, 2.45) is 0 Å². The van der Waals surface area contributed by atoms with Gasteiger partial charge in [-0.25, -0.2) is 13.8 Å². The molecule has 6 heteroatoms. The van der Waals surface area contributed by atoms with E-state index in [2.05, 4.69) is 16.9 Å². The molecule has 17 heavy (non-hydrogen) atoms. The van der Waals surface area contributed by atoms with Crippen molar-refractivity contribution >= 4 is 33.1 Å². The van der Waals surface area contributed by atoms with Gasteiger partial charge in [-0.15, -0.1) is 11.3 Å². The first-order valence-electron chi connectivity index (χ1n) is 4.73. The van der Waals surface area contributed by atoms with Crippen LogP contribution in [0, 0.1) is 0 Å². The maximum Gasteiger partial charge on any atom is 0.289 e. The second-order valence-corrected chi connectivity index (χ2v) is 4.23. The maximum absolute atomic E-state index is 12.5. The highest BCUT2D eigenvalue weighted by atomic mass is 32.1. The fourth-order valence-electron chi connectivity index (χ4n) is 1.34. The highest BCUT2D eigenvalue weighted by Crippen LogP contribution is 2.33. The minimum Gasteiger partial charge on any atom is -0.321 e. The van der Waals surface area contributed by atoms with Gasteiger partial charge in [-0.1, -0.05) is 12.6 Å². The van der Waals surface area contributed by atoms with E-state index in [-0.39, 0.29) is 10.9 Å². The van der Waals surface area contributed by atoms with Gasteiger partial charge >= 0.3 is 0 Å². The number of hydrogen-bond donors (Lipinski definition) is 1. The largest absolute Gasteiger partial charge is 0.321 e. The van der Waals surface area contributed by atoms with E-state index in [1.165, 1.54) is 0 Å². The van der Waals surface area contributed by atoms with Gasteiger partial charge in [0.1, 0.15) is 0 Å². The lowest BCUT2D eigenvalue weighted by molar-refractivity contribution is -0.111. The third-order valence-corrected chi connectivity index (χ3v) is 3.17. The SMILES string of the molecule is C=CC(=O)Nc1cccc2nc(C(F)F)sc12. The Hall–Kier alpha value is -1.82. The van der Waals surface area contributed by atoms with E-state index in [9.17, 15) is 13.6 Å². The molecule has 0 aliphatic heterocycles. The molecule has 1 N–H and O–H groups in total. The van der Waals surface area contributed by atoms with E-state index >= 15 is 0 Å². The van der Waals surface area contributed by atoms with Crippen LogP contribution in [0.1, 0.15) is 11.4 Å². The Balaban J connectivity index is 2.49. The molecule has 0 aliphatic carbocycles. The lowest BCUT2D eigenvalue weighted by Crippen LogP contribution is -2.06. The number of carbonyl (C=O) groups is 1. The van der Waals surface area contributed by atoms with Crippen LogP contribution in [0.5, 0.6) is 0 Å². The minimum absolute atomic E-state index is 0.250. The minimum atomic E-state index is -2.60. The number of nitrogens with one attached hydrogen (secondary N) is 1. The number of aromatic nitrogens is 1. The molecule has 0 atom stereocenters. The average Bonchev–Trinajstić information content (AvgIpc) is 2.74. The summed E-state index contributed by atoms with van der Waals surface area (Å²) in [5, 5.41) is 2.31. The van der Waals surface area contributed by atoms with E-state index in [0.717, 1.165) is 17.4 Å². The number of halogens is 2. The molecule has 0 aliphatic rings. The summed E-state index contributed by atoms with van der Waals surface area (Å²) in [4.78, 5) is 15.0. The number of alkyl halides is 2. The van der Waals surface area contributed by atoms with Crippen molar-refractivity contribution in [3.63, 3.8) is 0 Å². The zero-order chi connectivity index (χ0) is 12.4. The molecule has 0 saturated carbocycles. The zero-order valence-electron chi connectivity index (χ0n) is 8.61. The molecule has 0 spiro atoms. The average molecular weight is 254 g/mol. The molecule has 1 aromatic carbocycles. The normalized spacial score (nSPS) is 10.8. The van der Waals surface area contributed by atoms with Gasteiger partial charge in [-0.2, -0.15) is 0 Å². The summed E-state index contributed by atoms with van der Waals surface area (Å²) < 4.78 is 25.6. The molecular weight excluding hydrogens is 246 g/mol. The molecule has 1 heterocycles. The number of nitrogens with zero attached hydrogens (tertiary/aromatic N) is 1. The quantitative estimate of drug-likeness (QED) is 0.853. The van der Waals surface area contributed by atoms with Crippen LogP contribution in [0.15, 0.2) is 30.9 Å². The number of rotatable bonds is 3. The van der Waals surface area contributed by atoms with E-state index < -0.39 is 6.43 Å². The Labute approximate surface area is 99.8 Å². The molecule has 1 aromatic heterocycles. The Bertz CT molecular complexity index is 580. The Morgan fingerprint density at radius 3 is 2.94 bits per heavy atom. The standard InChI is InChI=1S/C11H8F2N2OS/c1-2-8(16)14-6-4-3-5-7-9(6)17-11(15-7)10(12)13/h2-5,10H,1H2,(H,14,16). The lowest BCUT2D eigenvalue weighted by Gasteiger charge is -2.01. The number of amides is 1. The molecule has 88 valence electrons. The first kappa shape index (κ1) is 11.7. The number of fused-ring (bicyclic) bond motifs is 1. The van der Waals surface area contributed by atoms with Gasteiger partial charge < -0.3 is 5.32 Å². The molecule has 3 nitrogen and oxygen atoms in total. The van der Waals surface area contributed by atoms with Crippen molar-refractivity contribution in [2.75, 3.05) is 5.32 Å². The third kappa shape index (κ3) is 2.31. The third-order valence-electron chi connectivity index (χ3n) is 2.06. The van der Waals surface area contributed by atoms with Crippen LogP contribution in [0.25, 0.3) is 10.2 Å². The molecule has 0 saturated heterocycles. The van der Waals surface area contributed by atoms with Crippen molar-refractivity contribution in [3.8, 4) is 0 Å². The predicted octanol–water partition coefficient (Wildman–Crippen LogP) is 3.36. The van der Waals surface area contributed by atoms with Crippen LogP contribution in [0.4, 0.5) is 14.5 Å². The van der Waals surface area contributed by atoms with Crippen LogP contribution in [0.3, 0.4) is 0 Å². The van der Waals surface area contributed by atoms with Crippen molar-refractivity contribution in [2.45, 2.75) is 6.43 Å². The van der Waals surface area contributed by atoms with Gasteiger partial charge in [-0.3, -0.25) is 4.79 Å². The monoisotopic (exact) mass is 254 g/mol. The summed E-state index contributed by atoms with van der Waals surface area (Å²) in [7, 11) is 0. The second-order valence-electron chi connectivity index (χ2n) is 3.20. The van der Waals surface area contributed by atoms with Gasteiger partial charge in [0, 0.05) is 0 Å². The van der Waals surface area contributed by atoms with Crippen molar-refractivity contribution in [1.29, 1.82) is 0 Å². The highest BCUT2D eigenvalue weighted by Gasteiger charge is 2.15. The summed E-state index contributed by atoms with van der Waals surface area (Å²) in [6, 6.07) is 4.91. The van der Waals surface area contributed by atoms with Gasteiger partial charge in [-0.05, 0) is 18.2 Å². The van der Waals surface area contributed by atoms with Crippen LogP contribution in [-0.4, -0.2) is 10.9 Å². The second kappa shape index (κ2) is 4.58. The first-order chi connectivity index (χ1) is 8.11.